The van der Waals surface area contributed by atoms with E-state index in [2.05, 4.69) is 35.8 Å². The number of rotatable bonds is 4. The first-order valence-corrected chi connectivity index (χ1v) is 7.36. The van der Waals surface area contributed by atoms with E-state index in [0.717, 1.165) is 12.3 Å². The fourth-order valence-electron chi connectivity index (χ4n) is 3.33. The Kier molecular flexibility index (Phi) is 3.57. The molecule has 1 aromatic heterocycles. The zero-order valence-corrected chi connectivity index (χ0v) is 12.4. The molecule has 1 saturated carbocycles. The third-order valence-electron chi connectivity index (χ3n) is 4.89. The number of allylic oxidation sites excluding steroid dienone is 2. The maximum Gasteiger partial charge on any atom is 0.335 e. The monoisotopic (exact) mass is 287 g/mol. The van der Waals surface area contributed by atoms with Crippen LogP contribution in [0, 0.1) is 17.3 Å². The average Bonchev–Trinajstić information content (AvgIpc) is 2.98. The Morgan fingerprint density at radius 2 is 2.43 bits per heavy atom. The van der Waals surface area contributed by atoms with Gasteiger partial charge in [-0.25, -0.2) is 10.2 Å². The highest BCUT2D eigenvalue weighted by molar-refractivity contribution is 5.82. The maximum absolute atomic E-state index is 11.6. The fourth-order valence-corrected chi connectivity index (χ4v) is 3.33. The van der Waals surface area contributed by atoms with Crippen molar-refractivity contribution in [1.82, 2.24) is 10.7 Å². The van der Waals surface area contributed by atoms with Gasteiger partial charge in [0.15, 0.2) is 0 Å². The molecule has 2 atom stereocenters. The normalized spacial score (nSPS) is 26.1. The Labute approximate surface area is 124 Å². The summed E-state index contributed by atoms with van der Waals surface area (Å²) in [5.74, 6) is 2.10. The van der Waals surface area contributed by atoms with Gasteiger partial charge in [0.25, 0.3) is 0 Å². The van der Waals surface area contributed by atoms with Crippen LogP contribution in [-0.2, 0) is 6.54 Å². The summed E-state index contributed by atoms with van der Waals surface area (Å²) in [5, 5.41) is 6.73. The molecule has 112 valence electrons. The third kappa shape index (κ3) is 2.73. The fraction of sp³-hybridized carbons (Fsp3) is 0.500. The Balaban J connectivity index is 1.46. The van der Waals surface area contributed by atoms with Crippen molar-refractivity contribution in [3.05, 3.63) is 35.8 Å². The first-order valence-electron chi connectivity index (χ1n) is 7.36. The number of furan rings is 1. The van der Waals surface area contributed by atoms with E-state index in [1.54, 1.807) is 18.5 Å². The molecule has 0 radical (unpaired) electrons. The first-order chi connectivity index (χ1) is 10.1. The molecule has 0 unspecified atom stereocenters. The van der Waals surface area contributed by atoms with Crippen molar-refractivity contribution in [1.29, 1.82) is 0 Å². The van der Waals surface area contributed by atoms with Crippen LogP contribution in [0.1, 0.15) is 32.4 Å². The molecule has 0 spiro atoms. The zero-order valence-electron chi connectivity index (χ0n) is 12.4. The number of nitrogens with zero attached hydrogens (tertiary/aromatic N) is 1. The molecule has 3 aliphatic carbocycles. The van der Waals surface area contributed by atoms with Crippen molar-refractivity contribution in [2.45, 2.75) is 33.2 Å². The summed E-state index contributed by atoms with van der Waals surface area (Å²) in [5.41, 5.74) is 4.11. The van der Waals surface area contributed by atoms with E-state index in [1.807, 2.05) is 6.07 Å². The van der Waals surface area contributed by atoms with E-state index >= 15 is 0 Å². The van der Waals surface area contributed by atoms with Gasteiger partial charge in [0.05, 0.1) is 19.0 Å². The molecule has 2 bridgehead atoms. The van der Waals surface area contributed by atoms with Gasteiger partial charge in [-0.3, -0.25) is 0 Å². The predicted molar refractivity (Wildman–Crippen MR) is 80.6 cm³/mol. The number of urea groups is 1. The molecule has 5 heteroatoms. The lowest BCUT2D eigenvalue weighted by atomic mass is 9.49. The second-order valence-electron chi connectivity index (χ2n) is 6.38. The zero-order chi connectivity index (χ0) is 14.9. The summed E-state index contributed by atoms with van der Waals surface area (Å²) in [7, 11) is 0. The van der Waals surface area contributed by atoms with E-state index in [9.17, 15) is 4.79 Å². The molecule has 5 nitrogen and oxygen atoms in total. The van der Waals surface area contributed by atoms with Gasteiger partial charge in [-0.15, -0.1) is 0 Å². The number of hydrogen-bond donors (Lipinski definition) is 2. The summed E-state index contributed by atoms with van der Waals surface area (Å²) >= 11 is 0. The van der Waals surface area contributed by atoms with Gasteiger partial charge >= 0.3 is 6.03 Å². The van der Waals surface area contributed by atoms with Gasteiger partial charge in [-0.1, -0.05) is 19.9 Å². The van der Waals surface area contributed by atoms with Gasteiger partial charge in [-0.05, 0) is 47.8 Å². The Morgan fingerprint density at radius 3 is 3.10 bits per heavy atom. The van der Waals surface area contributed by atoms with Crippen molar-refractivity contribution < 1.29 is 9.21 Å². The predicted octanol–water partition coefficient (Wildman–Crippen LogP) is 3.06. The standard InChI is InChI=1S/C16H21N3O2/c1-16(2)12-6-5-11(14(16)8-12)9-18-19-15(20)17-10-13-4-3-7-21-13/h3-5,7,9,12,14H,6,8,10H2,1-2H3,(H2,17,19,20)/t12-,14+/m0/s1. The van der Waals surface area contributed by atoms with E-state index in [0.29, 0.717) is 23.6 Å². The van der Waals surface area contributed by atoms with Crippen molar-refractivity contribution >= 4 is 12.2 Å². The second-order valence-corrected chi connectivity index (χ2v) is 6.38. The van der Waals surface area contributed by atoms with Gasteiger partial charge in [0.2, 0.25) is 0 Å². The molecule has 0 saturated heterocycles. The molecule has 1 heterocycles. The smallest absolute Gasteiger partial charge is 0.335 e. The number of carbonyl (C=O) groups is 1. The summed E-state index contributed by atoms with van der Waals surface area (Å²) in [4.78, 5) is 11.6. The van der Waals surface area contributed by atoms with Crippen LogP contribution in [0.2, 0.25) is 0 Å². The van der Waals surface area contributed by atoms with Gasteiger partial charge in [-0.2, -0.15) is 5.10 Å². The number of fused-ring (bicyclic) bond motifs is 1. The number of hydrazone groups is 1. The maximum atomic E-state index is 11.6. The van der Waals surface area contributed by atoms with E-state index in [4.69, 9.17) is 4.42 Å². The van der Waals surface area contributed by atoms with Crippen LogP contribution in [0.4, 0.5) is 4.79 Å². The minimum atomic E-state index is -0.329. The number of hydrogen-bond acceptors (Lipinski definition) is 3. The lowest BCUT2D eigenvalue weighted by Gasteiger charge is -2.55. The number of carbonyl (C=O) groups excluding carboxylic acids is 1. The summed E-state index contributed by atoms with van der Waals surface area (Å²) in [6.45, 7) is 4.99. The molecule has 3 aliphatic rings. The largest absolute Gasteiger partial charge is 0.467 e. The Hall–Kier alpha value is -2.04. The second kappa shape index (κ2) is 5.39. The topological polar surface area (TPSA) is 66.6 Å². The molecule has 2 amide bonds. The van der Waals surface area contributed by atoms with Crippen LogP contribution in [0.15, 0.2) is 39.6 Å². The molecule has 2 N–H and O–H groups in total. The van der Waals surface area contributed by atoms with E-state index in [1.165, 1.54) is 12.0 Å². The van der Waals surface area contributed by atoms with Crippen molar-refractivity contribution in [2.75, 3.05) is 0 Å². The first kappa shape index (κ1) is 13.9. The van der Waals surface area contributed by atoms with Crippen LogP contribution >= 0.6 is 0 Å². The molecule has 21 heavy (non-hydrogen) atoms. The lowest BCUT2D eigenvalue weighted by molar-refractivity contribution is -0.00126. The van der Waals surface area contributed by atoms with Crippen LogP contribution in [-0.4, -0.2) is 12.2 Å². The molecule has 0 aliphatic heterocycles. The SMILES string of the molecule is CC1(C)[C@H]2CC=C(C=NNC(=O)NCc3ccco3)[C@H]1C2. The van der Waals surface area contributed by atoms with Crippen molar-refractivity contribution in [3.63, 3.8) is 0 Å². The summed E-state index contributed by atoms with van der Waals surface area (Å²) in [6.07, 6.45) is 7.98. The highest BCUT2D eigenvalue weighted by Gasteiger charge is 2.50. The molecule has 1 fully saturated rings. The minimum Gasteiger partial charge on any atom is -0.467 e. The number of amides is 2. The van der Waals surface area contributed by atoms with Crippen LogP contribution in [0.25, 0.3) is 0 Å². The van der Waals surface area contributed by atoms with Crippen molar-refractivity contribution in [2.24, 2.45) is 22.4 Å². The quantitative estimate of drug-likeness (QED) is 0.660. The third-order valence-corrected chi connectivity index (χ3v) is 4.89. The molecule has 4 rings (SSSR count). The van der Waals surface area contributed by atoms with Gasteiger partial charge < -0.3 is 9.73 Å². The van der Waals surface area contributed by atoms with Crippen molar-refractivity contribution in [3.8, 4) is 0 Å². The molecule has 1 aromatic rings. The van der Waals surface area contributed by atoms with Gasteiger partial charge in [0, 0.05) is 0 Å². The molecule has 0 aromatic carbocycles. The highest BCUT2D eigenvalue weighted by Crippen LogP contribution is 2.58. The molecular formula is C16H21N3O2. The summed E-state index contributed by atoms with van der Waals surface area (Å²) < 4.78 is 5.14. The van der Waals surface area contributed by atoms with Crippen LogP contribution < -0.4 is 10.7 Å². The minimum absolute atomic E-state index is 0.329. The van der Waals surface area contributed by atoms with Crippen LogP contribution in [0.3, 0.4) is 0 Å². The Bertz CT molecular complexity index is 572. The average molecular weight is 287 g/mol. The Morgan fingerprint density at radius 1 is 1.57 bits per heavy atom. The molecular weight excluding hydrogens is 266 g/mol. The van der Waals surface area contributed by atoms with Gasteiger partial charge in [0.1, 0.15) is 5.76 Å². The van der Waals surface area contributed by atoms with Crippen LogP contribution in [0.5, 0.6) is 0 Å². The van der Waals surface area contributed by atoms with E-state index < -0.39 is 0 Å². The highest BCUT2D eigenvalue weighted by atomic mass is 16.3. The van der Waals surface area contributed by atoms with E-state index in [-0.39, 0.29) is 6.03 Å². The number of nitrogens with one attached hydrogen (secondary N) is 2. The summed E-state index contributed by atoms with van der Waals surface area (Å²) in [6, 6.07) is 3.27. The lowest BCUT2D eigenvalue weighted by Crippen LogP contribution is -2.48.